The lowest BCUT2D eigenvalue weighted by Gasteiger charge is -2.16. The van der Waals surface area contributed by atoms with Gasteiger partial charge in [-0.15, -0.1) is 0 Å². The summed E-state index contributed by atoms with van der Waals surface area (Å²) >= 11 is 0. The van der Waals surface area contributed by atoms with Crippen LogP contribution in [0.15, 0.2) is 61.2 Å². The molecule has 4 aromatic rings. The number of para-hydroxylation sites is 1. The maximum atomic E-state index is 12.0. The molecule has 1 N–H and O–H groups in total. The van der Waals surface area contributed by atoms with Gasteiger partial charge in [-0.3, -0.25) is 14.8 Å². The minimum Gasteiger partial charge on any atom is -0.369 e. The van der Waals surface area contributed by atoms with Crippen molar-refractivity contribution in [3.05, 3.63) is 78.0 Å². The van der Waals surface area contributed by atoms with Gasteiger partial charge >= 0.3 is 0 Å². The molecule has 158 valence electrons. The summed E-state index contributed by atoms with van der Waals surface area (Å²) in [6.07, 6.45) is 5.08. The number of pyridine rings is 2. The minimum atomic E-state index is 0. The minimum absolute atomic E-state index is 0. The van der Waals surface area contributed by atoms with Crippen LogP contribution in [-0.2, 0) is 0 Å². The van der Waals surface area contributed by atoms with Gasteiger partial charge in [0, 0.05) is 53.1 Å². The van der Waals surface area contributed by atoms with E-state index in [0.717, 1.165) is 39.2 Å². The maximum Gasteiger partial charge on any atom is 0.160 e. The standard InChI is InChI=1S/C24H23N5O.H2S/c1-15(19-5-4-6-21-20(17(3)30)9-10-25-24(19)21)12-27-23-11-22(28-14-29-23)18-8-7-16(2)26-13-18;/h4-11,13-15H,12H2,1-3H3,(H,27,28,29);1H2/t15-;/m1./s1. The van der Waals surface area contributed by atoms with E-state index in [1.165, 1.54) is 0 Å². The number of benzene rings is 1. The van der Waals surface area contributed by atoms with Crippen molar-refractivity contribution in [3.63, 3.8) is 0 Å². The molecule has 1 atom stereocenters. The van der Waals surface area contributed by atoms with Crippen LogP contribution in [-0.4, -0.2) is 32.3 Å². The molecule has 6 nitrogen and oxygen atoms in total. The van der Waals surface area contributed by atoms with Crippen molar-refractivity contribution in [1.82, 2.24) is 19.9 Å². The molecule has 0 amide bonds. The summed E-state index contributed by atoms with van der Waals surface area (Å²) in [6.45, 7) is 6.35. The number of aromatic nitrogens is 4. The van der Waals surface area contributed by atoms with Gasteiger partial charge in [-0.1, -0.05) is 25.1 Å². The van der Waals surface area contributed by atoms with Gasteiger partial charge in [0.05, 0.1) is 11.2 Å². The van der Waals surface area contributed by atoms with Crippen molar-refractivity contribution in [3.8, 4) is 11.3 Å². The van der Waals surface area contributed by atoms with Crippen LogP contribution in [0.4, 0.5) is 5.82 Å². The van der Waals surface area contributed by atoms with E-state index >= 15 is 0 Å². The van der Waals surface area contributed by atoms with Crippen LogP contribution in [0.1, 0.15) is 41.4 Å². The molecule has 0 spiro atoms. The molecule has 0 radical (unpaired) electrons. The number of nitrogens with zero attached hydrogens (tertiary/aromatic N) is 4. The topological polar surface area (TPSA) is 80.7 Å². The molecule has 0 unspecified atom stereocenters. The quantitative estimate of drug-likeness (QED) is 0.436. The van der Waals surface area contributed by atoms with Crippen molar-refractivity contribution >= 4 is 36.0 Å². The van der Waals surface area contributed by atoms with Gasteiger partial charge in [0.15, 0.2) is 5.78 Å². The highest BCUT2D eigenvalue weighted by atomic mass is 32.1. The van der Waals surface area contributed by atoms with E-state index in [1.807, 2.05) is 43.5 Å². The molecule has 0 aliphatic rings. The first-order valence-electron chi connectivity index (χ1n) is 9.90. The number of fused-ring (bicyclic) bond motifs is 1. The lowest BCUT2D eigenvalue weighted by Crippen LogP contribution is -2.12. The summed E-state index contributed by atoms with van der Waals surface area (Å²) in [4.78, 5) is 29.5. The van der Waals surface area contributed by atoms with E-state index in [2.05, 4.69) is 38.2 Å². The highest BCUT2D eigenvalue weighted by Gasteiger charge is 2.14. The van der Waals surface area contributed by atoms with E-state index in [9.17, 15) is 4.79 Å². The van der Waals surface area contributed by atoms with E-state index in [0.29, 0.717) is 12.1 Å². The number of Topliss-reactive ketones (excluding diaryl/α,β-unsaturated/α-hetero) is 1. The first kappa shape index (κ1) is 22.4. The fourth-order valence-corrected chi connectivity index (χ4v) is 3.50. The Labute approximate surface area is 188 Å². The van der Waals surface area contributed by atoms with Gasteiger partial charge < -0.3 is 5.32 Å². The molecular weight excluding hydrogens is 406 g/mol. The van der Waals surface area contributed by atoms with Crippen LogP contribution in [0.25, 0.3) is 22.2 Å². The normalized spacial score (nSPS) is 11.6. The van der Waals surface area contributed by atoms with Gasteiger partial charge in [-0.25, -0.2) is 9.97 Å². The van der Waals surface area contributed by atoms with Crippen molar-refractivity contribution in [1.29, 1.82) is 0 Å². The zero-order valence-electron chi connectivity index (χ0n) is 17.8. The summed E-state index contributed by atoms with van der Waals surface area (Å²) in [5.74, 6) is 0.970. The second-order valence-corrected chi connectivity index (χ2v) is 7.42. The lowest BCUT2D eigenvalue weighted by molar-refractivity contribution is 0.101. The maximum absolute atomic E-state index is 12.0. The van der Waals surface area contributed by atoms with Crippen LogP contribution in [0.2, 0.25) is 0 Å². The van der Waals surface area contributed by atoms with Crippen LogP contribution < -0.4 is 5.32 Å². The number of carbonyl (C=O) groups excluding carboxylic acids is 1. The Balaban J connectivity index is 0.00000272. The Kier molecular flexibility index (Phi) is 6.97. The Morgan fingerprint density at radius 1 is 1.06 bits per heavy atom. The van der Waals surface area contributed by atoms with Crippen molar-refractivity contribution in [2.24, 2.45) is 0 Å². The van der Waals surface area contributed by atoms with Crippen LogP contribution in [0.5, 0.6) is 0 Å². The molecule has 0 aliphatic heterocycles. The number of hydrogen-bond acceptors (Lipinski definition) is 6. The average Bonchev–Trinajstić information content (AvgIpc) is 2.77. The number of carbonyl (C=O) groups is 1. The largest absolute Gasteiger partial charge is 0.369 e. The molecule has 7 heteroatoms. The fraction of sp³-hybridized carbons (Fsp3) is 0.208. The zero-order chi connectivity index (χ0) is 21.1. The molecule has 0 fully saturated rings. The zero-order valence-corrected chi connectivity index (χ0v) is 18.8. The molecule has 4 rings (SSSR count). The second kappa shape index (κ2) is 9.66. The van der Waals surface area contributed by atoms with Crippen LogP contribution in [0.3, 0.4) is 0 Å². The molecule has 3 aromatic heterocycles. The number of nitrogens with one attached hydrogen (secondary N) is 1. The Morgan fingerprint density at radius 2 is 1.90 bits per heavy atom. The van der Waals surface area contributed by atoms with Gasteiger partial charge in [0.25, 0.3) is 0 Å². The predicted molar refractivity (Wildman–Crippen MR) is 129 cm³/mol. The van der Waals surface area contributed by atoms with E-state index in [4.69, 9.17) is 0 Å². The number of rotatable bonds is 6. The smallest absolute Gasteiger partial charge is 0.160 e. The van der Waals surface area contributed by atoms with E-state index in [1.54, 1.807) is 25.5 Å². The predicted octanol–water partition coefficient (Wildman–Crippen LogP) is 4.93. The van der Waals surface area contributed by atoms with Crippen molar-refractivity contribution in [2.45, 2.75) is 26.7 Å². The van der Waals surface area contributed by atoms with E-state index in [-0.39, 0.29) is 25.2 Å². The molecule has 0 aliphatic carbocycles. The third-order valence-corrected chi connectivity index (χ3v) is 5.18. The van der Waals surface area contributed by atoms with Crippen molar-refractivity contribution < 1.29 is 4.79 Å². The summed E-state index contributed by atoms with van der Waals surface area (Å²) in [6, 6.07) is 13.7. The number of ketones is 1. The first-order valence-corrected chi connectivity index (χ1v) is 9.90. The Hall–Kier alpha value is -3.32. The monoisotopic (exact) mass is 431 g/mol. The van der Waals surface area contributed by atoms with Gasteiger partial charge in [0.1, 0.15) is 12.1 Å². The average molecular weight is 432 g/mol. The summed E-state index contributed by atoms with van der Waals surface area (Å²) < 4.78 is 0. The molecule has 3 heterocycles. The number of anilines is 1. The fourth-order valence-electron chi connectivity index (χ4n) is 3.50. The summed E-state index contributed by atoms with van der Waals surface area (Å²) in [5, 5.41) is 4.29. The first-order chi connectivity index (χ1) is 14.5. The Morgan fingerprint density at radius 3 is 2.65 bits per heavy atom. The highest BCUT2D eigenvalue weighted by Crippen LogP contribution is 2.27. The lowest BCUT2D eigenvalue weighted by atomic mass is 9.95. The molecule has 0 bridgehead atoms. The molecule has 1 aromatic carbocycles. The van der Waals surface area contributed by atoms with Crippen molar-refractivity contribution in [2.75, 3.05) is 11.9 Å². The van der Waals surface area contributed by atoms with Gasteiger partial charge in [-0.05, 0) is 37.6 Å². The van der Waals surface area contributed by atoms with Crippen LogP contribution >= 0.6 is 13.5 Å². The number of hydrogen-bond donors (Lipinski definition) is 1. The number of aryl methyl sites for hydroxylation is 1. The van der Waals surface area contributed by atoms with Crippen LogP contribution in [0, 0.1) is 6.92 Å². The summed E-state index contributed by atoms with van der Waals surface area (Å²) in [5.41, 5.74) is 5.42. The van der Waals surface area contributed by atoms with Gasteiger partial charge in [0.2, 0.25) is 0 Å². The molecule has 0 saturated carbocycles. The molecule has 0 saturated heterocycles. The summed E-state index contributed by atoms with van der Waals surface area (Å²) in [7, 11) is 0. The third-order valence-electron chi connectivity index (χ3n) is 5.18. The third kappa shape index (κ3) is 4.88. The van der Waals surface area contributed by atoms with E-state index < -0.39 is 0 Å². The molecular formula is C24H25N5OS. The highest BCUT2D eigenvalue weighted by molar-refractivity contribution is 7.59. The van der Waals surface area contributed by atoms with Gasteiger partial charge in [-0.2, -0.15) is 13.5 Å². The molecule has 31 heavy (non-hydrogen) atoms. The second-order valence-electron chi connectivity index (χ2n) is 7.42. The SMILES string of the molecule is CC(=O)c1ccnc2c([C@H](C)CNc3cc(-c4ccc(C)nc4)ncn3)cccc12.S. The Bertz CT molecular complexity index is 1210.